The smallest absolute Gasteiger partial charge is 0.301 e. The van der Waals surface area contributed by atoms with Gasteiger partial charge in [-0.3, -0.25) is 19.5 Å². The molecule has 0 bridgehead atoms. The van der Waals surface area contributed by atoms with Crippen LogP contribution in [0, 0.1) is 6.92 Å². The van der Waals surface area contributed by atoms with Crippen LogP contribution in [0.3, 0.4) is 0 Å². The van der Waals surface area contributed by atoms with Crippen LogP contribution in [-0.4, -0.2) is 33.9 Å². The Labute approximate surface area is 193 Å². The molecule has 5 rings (SSSR count). The highest BCUT2D eigenvalue weighted by Gasteiger charge is 2.48. The van der Waals surface area contributed by atoms with Crippen molar-refractivity contribution in [1.82, 2.24) is 9.97 Å². The Balaban J connectivity index is 1.72. The van der Waals surface area contributed by atoms with Crippen LogP contribution in [0.5, 0.6) is 5.75 Å². The quantitative estimate of drug-likeness (QED) is 0.273. The SMILES string of the molecule is COc1cccc(/C(O)=C2\C(=O)C(=O)N(c3nc4ccc(C)cc4s3)C2c2ccncc2)c1. The fraction of sp³-hybridized carbons (Fsp3) is 0.120. The summed E-state index contributed by atoms with van der Waals surface area (Å²) in [4.78, 5) is 36.5. The van der Waals surface area contributed by atoms with Gasteiger partial charge < -0.3 is 9.84 Å². The van der Waals surface area contributed by atoms with E-state index in [0.29, 0.717) is 22.0 Å². The molecular weight excluding hydrogens is 438 g/mol. The zero-order chi connectivity index (χ0) is 23.1. The molecule has 33 heavy (non-hydrogen) atoms. The summed E-state index contributed by atoms with van der Waals surface area (Å²) in [6.45, 7) is 1.98. The number of nitrogens with zero attached hydrogens (tertiary/aromatic N) is 3. The number of aliphatic hydroxyl groups is 1. The molecule has 1 aliphatic rings. The van der Waals surface area contributed by atoms with Crippen molar-refractivity contribution in [3.05, 3.63) is 89.3 Å². The van der Waals surface area contributed by atoms with Gasteiger partial charge in [-0.1, -0.05) is 29.5 Å². The minimum absolute atomic E-state index is 0.00473. The maximum atomic E-state index is 13.3. The van der Waals surface area contributed by atoms with Crippen LogP contribution >= 0.6 is 11.3 Å². The number of carbonyl (C=O) groups excluding carboxylic acids is 2. The predicted octanol–water partition coefficient (Wildman–Crippen LogP) is 4.63. The van der Waals surface area contributed by atoms with Gasteiger partial charge in [0.2, 0.25) is 0 Å². The minimum Gasteiger partial charge on any atom is -0.507 e. The van der Waals surface area contributed by atoms with Gasteiger partial charge in [0.15, 0.2) is 5.13 Å². The molecule has 8 heteroatoms. The Bertz CT molecular complexity index is 1430. The van der Waals surface area contributed by atoms with E-state index in [1.807, 2.05) is 25.1 Å². The number of thiazole rings is 1. The Morgan fingerprint density at radius 3 is 2.64 bits per heavy atom. The third kappa shape index (κ3) is 3.54. The summed E-state index contributed by atoms with van der Waals surface area (Å²) in [6, 6.07) is 15.1. The summed E-state index contributed by atoms with van der Waals surface area (Å²) >= 11 is 1.33. The number of aromatic nitrogens is 2. The predicted molar refractivity (Wildman–Crippen MR) is 126 cm³/mol. The Hall–Kier alpha value is -4.04. The molecule has 1 unspecified atom stereocenters. The van der Waals surface area contributed by atoms with E-state index < -0.39 is 17.7 Å². The number of anilines is 1. The topological polar surface area (TPSA) is 92.6 Å². The normalized spacial score (nSPS) is 17.6. The van der Waals surface area contributed by atoms with Gasteiger partial charge in [-0.05, 0) is 54.4 Å². The average molecular weight is 458 g/mol. The van der Waals surface area contributed by atoms with Crippen LogP contribution < -0.4 is 9.64 Å². The summed E-state index contributed by atoms with van der Waals surface area (Å²) in [5.74, 6) is -1.26. The monoisotopic (exact) mass is 457 g/mol. The maximum Gasteiger partial charge on any atom is 0.301 e. The number of fused-ring (bicyclic) bond motifs is 1. The van der Waals surface area contributed by atoms with Gasteiger partial charge in [-0.25, -0.2) is 4.98 Å². The largest absolute Gasteiger partial charge is 0.507 e. The number of aryl methyl sites for hydroxylation is 1. The van der Waals surface area contributed by atoms with Crippen LogP contribution in [0.25, 0.3) is 16.0 Å². The Kier molecular flexibility index (Phi) is 5.14. The number of carbonyl (C=O) groups is 2. The van der Waals surface area contributed by atoms with Crippen molar-refractivity contribution in [1.29, 1.82) is 0 Å². The number of ketones is 1. The lowest BCUT2D eigenvalue weighted by molar-refractivity contribution is -0.132. The molecule has 164 valence electrons. The van der Waals surface area contributed by atoms with E-state index in [0.717, 1.165) is 15.8 Å². The highest BCUT2D eigenvalue weighted by atomic mass is 32.1. The zero-order valence-electron chi connectivity index (χ0n) is 17.9. The molecule has 2 aromatic carbocycles. The average Bonchev–Trinajstić information content (AvgIpc) is 3.37. The highest BCUT2D eigenvalue weighted by Crippen LogP contribution is 2.44. The number of hydrogen-bond donors (Lipinski definition) is 1. The zero-order valence-corrected chi connectivity index (χ0v) is 18.7. The molecule has 0 saturated carbocycles. The minimum atomic E-state index is -0.846. The number of ether oxygens (including phenoxy) is 1. The van der Waals surface area contributed by atoms with E-state index >= 15 is 0 Å². The number of methoxy groups -OCH3 is 1. The second kappa shape index (κ2) is 8.14. The van der Waals surface area contributed by atoms with E-state index in [4.69, 9.17) is 4.74 Å². The molecule has 1 atom stereocenters. The number of pyridine rings is 1. The van der Waals surface area contributed by atoms with Gasteiger partial charge in [0, 0.05) is 18.0 Å². The summed E-state index contributed by atoms with van der Waals surface area (Å²) in [6.07, 6.45) is 3.17. The Morgan fingerprint density at radius 2 is 1.88 bits per heavy atom. The lowest BCUT2D eigenvalue weighted by Gasteiger charge is -2.22. The lowest BCUT2D eigenvalue weighted by Crippen LogP contribution is -2.29. The molecule has 4 aromatic rings. The van der Waals surface area contributed by atoms with Gasteiger partial charge in [0.25, 0.3) is 5.78 Å². The van der Waals surface area contributed by atoms with Gasteiger partial charge in [-0.15, -0.1) is 0 Å². The maximum absolute atomic E-state index is 13.3. The van der Waals surface area contributed by atoms with Crippen LogP contribution in [-0.2, 0) is 9.59 Å². The summed E-state index contributed by atoms with van der Waals surface area (Å²) in [7, 11) is 1.52. The van der Waals surface area contributed by atoms with Gasteiger partial charge >= 0.3 is 5.91 Å². The second-order valence-corrected chi connectivity index (χ2v) is 8.66. The molecule has 1 fully saturated rings. The van der Waals surface area contributed by atoms with E-state index in [1.165, 1.54) is 23.3 Å². The number of amides is 1. The number of aliphatic hydroxyl groups excluding tert-OH is 1. The first kappa shape index (κ1) is 20.8. The molecule has 7 nitrogen and oxygen atoms in total. The van der Waals surface area contributed by atoms with Crippen LogP contribution in [0.1, 0.15) is 22.7 Å². The summed E-state index contributed by atoms with van der Waals surface area (Å²) in [5.41, 5.74) is 2.83. The van der Waals surface area contributed by atoms with Crippen molar-refractivity contribution < 1.29 is 19.4 Å². The van der Waals surface area contributed by atoms with E-state index in [9.17, 15) is 14.7 Å². The third-order valence-corrected chi connectivity index (χ3v) is 6.57. The lowest BCUT2D eigenvalue weighted by atomic mass is 9.96. The van der Waals surface area contributed by atoms with Crippen molar-refractivity contribution in [2.24, 2.45) is 0 Å². The molecule has 0 radical (unpaired) electrons. The van der Waals surface area contributed by atoms with Gasteiger partial charge in [-0.2, -0.15) is 0 Å². The van der Waals surface area contributed by atoms with E-state index in [-0.39, 0.29) is 11.3 Å². The van der Waals surface area contributed by atoms with Gasteiger partial charge in [0.05, 0.1) is 28.9 Å². The molecule has 1 N–H and O–H groups in total. The van der Waals surface area contributed by atoms with Crippen LogP contribution in [0.2, 0.25) is 0 Å². The van der Waals surface area contributed by atoms with Crippen molar-refractivity contribution in [3.8, 4) is 5.75 Å². The second-order valence-electron chi connectivity index (χ2n) is 7.65. The highest BCUT2D eigenvalue weighted by molar-refractivity contribution is 7.22. The fourth-order valence-corrected chi connectivity index (χ4v) is 5.03. The molecule has 1 saturated heterocycles. The van der Waals surface area contributed by atoms with Crippen LogP contribution in [0.15, 0.2) is 72.6 Å². The molecule has 0 aliphatic carbocycles. The Morgan fingerprint density at radius 1 is 1.09 bits per heavy atom. The molecule has 1 aliphatic heterocycles. The molecular formula is C25H19N3O4S. The summed E-state index contributed by atoms with van der Waals surface area (Å²) in [5, 5.41) is 11.6. The van der Waals surface area contributed by atoms with Gasteiger partial charge in [0.1, 0.15) is 11.5 Å². The standard InChI is InChI=1S/C25H19N3O4S/c1-14-6-7-18-19(12-14)33-25(27-18)28-21(15-8-10-26-11-9-15)20(23(30)24(28)31)22(29)16-4-3-5-17(13-16)32-2/h3-13,21,29H,1-2H3/b22-20+. The first-order valence-electron chi connectivity index (χ1n) is 10.2. The molecule has 3 heterocycles. The number of hydrogen-bond acceptors (Lipinski definition) is 7. The number of benzene rings is 2. The van der Waals surface area contributed by atoms with E-state index in [2.05, 4.69) is 9.97 Å². The molecule has 0 spiro atoms. The van der Waals surface area contributed by atoms with E-state index in [1.54, 1.807) is 48.8 Å². The first-order valence-corrected chi connectivity index (χ1v) is 11.0. The number of rotatable bonds is 4. The van der Waals surface area contributed by atoms with Crippen molar-refractivity contribution in [2.45, 2.75) is 13.0 Å². The van der Waals surface area contributed by atoms with Crippen LogP contribution in [0.4, 0.5) is 5.13 Å². The van der Waals surface area contributed by atoms with Crippen molar-refractivity contribution in [3.63, 3.8) is 0 Å². The first-order chi connectivity index (χ1) is 16.0. The molecule has 2 aromatic heterocycles. The summed E-state index contributed by atoms with van der Waals surface area (Å²) < 4.78 is 6.16. The molecule has 1 amide bonds. The van der Waals surface area contributed by atoms with Crippen molar-refractivity contribution >= 4 is 44.1 Å². The van der Waals surface area contributed by atoms with Crippen molar-refractivity contribution in [2.75, 3.05) is 12.0 Å². The third-order valence-electron chi connectivity index (χ3n) is 5.55. The number of Topliss-reactive ketones (excluding diaryl/α,β-unsaturated/α-hetero) is 1. The fourth-order valence-electron chi connectivity index (χ4n) is 3.94.